The van der Waals surface area contributed by atoms with Gasteiger partial charge in [-0.3, -0.25) is 18.9 Å². The van der Waals surface area contributed by atoms with Gasteiger partial charge in [0.2, 0.25) is 0 Å². The maximum absolute atomic E-state index is 13.7. The number of benzene rings is 1. The fourth-order valence-corrected chi connectivity index (χ4v) is 5.38. The van der Waals surface area contributed by atoms with Crippen molar-refractivity contribution < 1.29 is 14.3 Å². The van der Waals surface area contributed by atoms with Gasteiger partial charge in [-0.05, 0) is 56.7 Å². The van der Waals surface area contributed by atoms with E-state index >= 15 is 0 Å². The first-order valence-electron chi connectivity index (χ1n) is 12.6. The molecule has 0 radical (unpaired) electrons. The summed E-state index contributed by atoms with van der Waals surface area (Å²) in [7, 11) is 3.07. The second kappa shape index (κ2) is 10.9. The summed E-state index contributed by atoms with van der Waals surface area (Å²) in [6, 6.07) is 11.2. The normalized spacial score (nSPS) is 17.4. The molecule has 0 atom stereocenters. The molecule has 38 heavy (non-hydrogen) atoms. The Bertz CT molecular complexity index is 1540. The minimum Gasteiger partial charge on any atom is -0.491 e. The average Bonchev–Trinajstić information content (AvgIpc) is 3.21. The van der Waals surface area contributed by atoms with E-state index in [1.54, 1.807) is 43.1 Å². The number of para-hydroxylation sites is 2. The zero-order valence-electron chi connectivity index (χ0n) is 21.6. The lowest BCUT2D eigenvalue weighted by atomic mass is 9.85. The molecule has 1 saturated carbocycles. The average molecular weight is 536 g/mol. The van der Waals surface area contributed by atoms with E-state index in [0.29, 0.717) is 46.1 Å². The molecule has 3 heterocycles. The number of aryl methyl sites for hydroxylation is 1. The summed E-state index contributed by atoms with van der Waals surface area (Å²) in [5.41, 5.74) is 3.31. The number of aromatic nitrogens is 4. The Balaban J connectivity index is 1.33. The number of nitrogens with one attached hydrogen (secondary N) is 1. The number of rotatable bonds is 7. The number of ether oxygens (including phenoxy) is 2. The highest BCUT2D eigenvalue weighted by Crippen LogP contribution is 2.30. The Hall–Kier alpha value is -3.85. The molecule has 0 bridgehead atoms. The van der Waals surface area contributed by atoms with Crippen LogP contribution in [0.15, 0.2) is 53.6 Å². The third-order valence-electron chi connectivity index (χ3n) is 7.23. The quantitative estimate of drug-likeness (QED) is 0.372. The van der Waals surface area contributed by atoms with Gasteiger partial charge in [0.15, 0.2) is 5.75 Å². The van der Waals surface area contributed by atoms with Crippen LogP contribution in [0.25, 0.3) is 16.7 Å². The summed E-state index contributed by atoms with van der Waals surface area (Å²) in [5, 5.41) is 3.58. The van der Waals surface area contributed by atoms with E-state index in [0.717, 1.165) is 36.7 Å². The minimum absolute atomic E-state index is 0.0769. The van der Waals surface area contributed by atoms with Gasteiger partial charge in [-0.2, -0.15) is 0 Å². The van der Waals surface area contributed by atoms with Gasteiger partial charge in [0, 0.05) is 24.8 Å². The summed E-state index contributed by atoms with van der Waals surface area (Å²) >= 11 is 6.04. The van der Waals surface area contributed by atoms with Gasteiger partial charge in [-0.1, -0.05) is 23.7 Å². The van der Waals surface area contributed by atoms with Crippen LogP contribution in [-0.2, 0) is 6.54 Å². The Kier molecular flexibility index (Phi) is 7.37. The van der Waals surface area contributed by atoms with E-state index in [1.807, 2.05) is 28.8 Å². The van der Waals surface area contributed by atoms with Gasteiger partial charge in [-0.15, -0.1) is 0 Å². The summed E-state index contributed by atoms with van der Waals surface area (Å²) < 4.78 is 14.2. The Morgan fingerprint density at radius 2 is 1.79 bits per heavy atom. The lowest BCUT2D eigenvalue weighted by Gasteiger charge is -2.29. The third-order valence-corrected chi connectivity index (χ3v) is 7.44. The number of nitrogens with zero attached hydrogens (tertiary/aromatic N) is 4. The van der Waals surface area contributed by atoms with E-state index in [-0.39, 0.29) is 17.6 Å². The number of imidazole rings is 1. The smallest absolute Gasteiger partial charge is 0.333 e. The summed E-state index contributed by atoms with van der Waals surface area (Å²) in [6.45, 7) is 2.40. The molecule has 1 aliphatic carbocycles. The van der Waals surface area contributed by atoms with Crippen molar-refractivity contribution in [2.45, 2.75) is 45.2 Å². The standard InChI is InChI=1S/C28H30ClN5O4/c1-17-22(12-19(29)14-30-17)26(35)32-20-10-8-18(9-11-20)16-33-23-6-4-5-7-24(23)34(28(33)36)21-13-25(37-2)27(38-3)31-15-21/h4-7,12-15,18,20H,8-11,16H2,1-3H3,(H,32,35). The summed E-state index contributed by atoms with van der Waals surface area (Å²) in [5.74, 6) is 0.985. The van der Waals surface area contributed by atoms with Crippen LogP contribution < -0.4 is 20.5 Å². The second-order valence-electron chi connectivity index (χ2n) is 9.60. The van der Waals surface area contributed by atoms with E-state index in [4.69, 9.17) is 21.1 Å². The zero-order valence-corrected chi connectivity index (χ0v) is 22.4. The van der Waals surface area contributed by atoms with Crippen molar-refractivity contribution in [3.8, 4) is 17.3 Å². The van der Waals surface area contributed by atoms with Gasteiger partial charge < -0.3 is 14.8 Å². The highest BCUT2D eigenvalue weighted by Gasteiger charge is 2.26. The predicted octanol–water partition coefficient (Wildman–Crippen LogP) is 4.55. The van der Waals surface area contributed by atoms with Crippen molar-refractivity contribution in [1.82, 2.24) is 24.4 Å². The van der Waals surface area contributed by atoms with Crippen molar-refractivity contribution in [2.24, 2.45) is 5.92 Å². The maximum atomic E-state index is 13.7. The molecule has 1 aliphatic rings. The Morgan fingerprint density at radius 3 is 2.50 bits per heavy atom. The van der Waals surface area contributed by atoms with Crippen molar-refractivity contribution >= 4 is 28.5 Å². The highest BCUT2D eigenvalue weighted by molar-refractivity contribution is 6.30. The molecule has 1 aromatic carbocycles. The molecule has 0 unspecified atom stereocenters. The van der Waals surface area contributed by atoms with E-state index in [9.17, 15) is 9.59 Å². The maximum Gasteiger partial charge on any atom is 0.333 e. The van der Waals surface area contributed by atoms with Gasteiger partial charge in [0.05, 0.1) is 53.4 Å². The lowest BCUT2D eigenvalue weighted by Crippen LogP contribution is -2.39. The largest absolute Gasteiger partial charge is 0.491 e. The molecule has 0 saturated heterocycles. The first-order chi connectivity index (χ1) is 18.4. The zero-order chi connectivity index (χ0) is 26.8. The van der Waals surface area contributed by atoms with E-state index in [2.05, 4.69) is 15.3 Å². The van der Waals surface area contributed by atoms with Crippen LogP contribution in [-0.4, -0.2) is 45.3 Å². The number of amides is 1. The van der Waals surface area contributed by atoms with Crippen LogP contribution in [0.3, 0.4) is 0 Å². The van der Waals surface area contributed by atoms with Crippen LogP contribution in [0.4, 0.5) is 0 Å². The molecule has 9 nitrogen and oxygen atoms in total. The first-order valence-corrected chi connectivity index (χ1v) is 13.0. The topological polar surface area (TPSA) is 100 Å². The molecular weight excluding hydrogens is 506 g/mol. The third kappa shape index (κ3) is 4.98. The van der Waals surface area contributed by atoms with Gasteiger partial charge in [-0.25, -0.2) is 9.78 Å². The Labute approximate surface area is 225 Å². The first kappa shape index (κ1) is 25.8. The molecule has 0 aliphatic heterocycles. The summed E-state index contributed by atoms with van der Waals surface area (Å²) in [4.78, 5) is 35.0. The molecule has 1 amide bonds. The monoisotopic (exact) mass is 535 g/mol. The fourth-order valence-electron chi connectivity index (χ4n) is 5.23. The Morgan fingerprint density at radius 1 is 1.05 bits per heavy atom. The van der Waals surface area contributed by atoms with E-state index in [1.165, 1.54) is 7.11 Å². The number of hydrogen-bond acceptors (Lipinski definition) is 6. The van der Waals surface area contributed by atoms with Gasteiger partial charge in [0.25, 0.3) is 11.8 Å². The molecule has 198 valence electrons. The number of carbonyl (C=O) groups is 1. The molecular formula is C28H30ClN5O4. The van der Waals surface area contributed by atoms with Crippen LogP contribution in [0, 0.1) is 12.8 Å². The predicted molar refractivity (Wildman–Crippen MR) is 146 cm³/mol. The molecule has 10 heteroatoms. The van der Waals surface area contributed by atoms with Crippen LogP contribution in [0.1, 0.15) is 41.7 Å². The highest BCUT2D eigenvalue weighted by atomic mass is 35.5. The molecule has 4 aromatic rings. The molecule has 1 N–H and O–H groups in total. The fraction of sp³-hybridized carbons (Fsp3) is 0.357. The molecule has 5 rings (SSSR count). The number of methoxy groups -OCH3 is 2. The number of carbonyl (C=O) groups excluding carboxylic acids is 1. The minimum atomic E-state index is -0.149. The molecule has 1 fully saturated rings. The number of pyridine rings is 2. The SMILES string of the molecule is COc1cc(-n2c(=O)n(CC3CCC(NC(=O)c4cc(Cl)cnc4C)CC3)c3ccccc32)cnc1OC. The lowest BCUT2D eigenvalue weighted by molar-refractivity contribution is 0.0919. The van der Waals surface area contributed by atoms with Crippen LogP contribution in [0.5, 0.6) is 11.6 Å². The van der Waals surface area contributed by atoms with Crippen LogP contribution in [0.2, 0.25) is 5.02 Å². The van der Waals surface area contributed by atoms with Gasteiger partial charge >= 0.3 is 5.69 Å². The van der Waals surface area contributed by atoms with E-state index < -0.39 is 0 Å². The molecule has 0 spiro atoms. The van der Waals surface area contributed by atoms with Crippen LogP contribution >= 0.6 is 11.6 Å². The van der Waals surface area contributed by atoms with Crippen molar-refractivity contribution in [3.63, 3.8) is 0 Å². The van der Waals surface area contributed by atoms with Crippen molar-refractivity contribution in [1.29, 1.82) is 0 Å². The molecule has 3 aromatic heterocycles. The second-order valence-corrected chi connectivity index (χ2v) is 10.0. The summed E-state index contributed by atoms with van der Waals surface area (Å²) in [6.07, 6.45) is 6.65. The number of halogens is 1. The van der Waals surface area contributed by atoms with Gasteiger partial charge in [0.1, 0.15) is 0 Å². The van der Waals surface area contributed by atoms with Crippen molar-refractivity contribution in [3.05, 3.63) is 75.6 Å². The number of hydrogen-bond donors (Lipinski definition) is 1. The number of fused-ring (bicyclic) bond motifs is 1. The van der Waals surface area contributed by atoms with Crippen molar-refractivity contribution in [2.75, 3.05) is 14.2 Å².